The van der Waals surface area contributed by atoms with E-state index < -0.39 is 0 Å². The number of benzene rings is 1. The molecule has 0 spiro atoms. The Hall–Kier alpha value is -3.03. The predicted molar refractivity (Wildman–Crippen MR) is 103 cm³/mol. The Morgan fingerprint density at radius 3 is 2.43 bits per heavy atom. The summed E-state index contributed by atoms with van der Waals surface area (Å²) in [5.41, 5.74) is 1.80. The lowest BCUT2D eigenvalue weighted by atomic mass is 10.1. The number of nitrogens with one attached hydrogen (secondary N) is 1. The summed E-state index contributed by atoms with van der Waals surface area (Å²) in [6.45, 7) is 4.30. The van der Waals surface area contributed by atoms with Crippen LogP contribution in [-0.2, 0) is 17.8 Å². The van der Waals surface area contributed by atoms with Crippen LogP contribution in [0.4, 0.5) is 4.79 Å². The normalized spacial score (nSPS) is 14.1. The largest absolute Gasteiger partial charge is 0.497 e. The SMILES string of the molecule is COc1ccc(CCC(=O)N2CCN(C(=O)NCc3cc(C)on3)CC2)cc1. The fourth-order valence-electron chi connectivity index (χ4n) is 3.14. The van der Waals surface area contributed by atoms with Crippen molar-refractivity contribution >= 4 is 11.9 Å². The second-order valence-corrected chi connectivity index (χ2v) is 6.80. The van der Waals surface area contributed by atoms with Crippen molar-refractivity contribution in [1.29, 1.82) is 0 Å². The first kappa shape index (κ1) is 19.7. The molecule has 0 bridgehead atoms. The van der Waals surface area contributed by atoms with E-state index in [0.29, 0.717) is 57.0 Å². The van der Waals surface area contributed by atoms with E-state index in [9.17, 15) is 9.59 Å². The van der Waals surface area contributed by atoms with Gasteiger partial charge < -0.3 is 24.4 Å². The number of rotatable bonds is 6. The minimum atomic E-state index is -0.147. The summed E-state index contributed by atoms with van der Waals surface area (Å²) in [5, 5.41) is 6.69. The molecule has 1 aromatic heterocycles. The number of aryl methyl sites for hydroxylation is 2. The molecule has 3 amide bonds. The monoisotopic (exact) mass is 386 g/mol. The quantitative estimate of drug-likeness (QED) is 0.820. The van der Waals surface area contributed by atoms with Gasteiger partial charge >= 0.3 is 6.03 Å². The van der Waals surface area contributed by atoms with E-state index in [1.54, 1.807) is 18.1 Å². The third-order valence-corrected chi connectivity index (χ3v) is 4.80. The highest BCUT2D eigenvalue weighted by Gasteiger charge is 2.23. The van der Waals surface area contributed by atoms with Gasteiger partial charge in [0.05, 0.1) is 13.7 Å². The molecule has 2 aromatic rings. The first-order valence-electron chi connectivity index (χ1n) is 9.41. The van der Waals surface area contributed by atoms with Crippen LogP contribution in [0, 0.1) is 6.92 Å². The molecule has 150 valence electrons. The van der Waals surface area contributed by atoms with Crippen molar-refractivity contribution in [1.82, 2.24) is 20.3 Å². The Kier molecular flexibility index (Phi) is 6.52. The minimum Gasteiger partial charge on any atom is -0.497 e. The van der Waals surface area contributed by atoms with Crippen LogP contribution in [0.1, 0.15) is 23.4 Å². The number of hydrogen-bond acceptors (Lipinski definition) is 5. The number of piperazine rings is 1. The molecule has 8 heteroatoms. The number of ether oxygens (including phenoxy) is 1. The Balaban J connectivity index is 1.38. The van der Waals surface area contributed by atoms with Gasteiger partial charge in [-0.15, -0.1) is 0 Å². The molecule has 3 rings (SSSR count). The molecule has 1 aliphatic heterocycles. The number of urea groups is 1. The van der Waals surface area contributed by atoms with E-state index in [1.165, 1.54) is 0 Å². The molecule has 0 unspecified atom stereocenters. The van der Waals surface area contributed by atoms with E-state index in [4.69, 9.17) is 9.26 Å². The van der Waals surface area contributed by atoms with Gasteiger partial charge in [0.15, 0.2) is 0 Å². The van der Waals surface area contributed by atoms with Crippen molar-refractivity contribution in [3.63, 3.8) is 0 Å². The van der Waals surface area contributed by atoms with E-state index in [2.05, 4.69) is 10.5 Å². The van der Waals surface area contributed by atoms with Crippen LogP contribution in [0.15, 0.2) is 34.9 Å². The number of nitrogens with zero attached hydrogens (tertiary/aromatic N) is 3. The van der Waals surface area contributed by atoms with Crippen molar-refractivity contribution in [2.45, 2.75) is 26.3 Å². The summed E-state index contributed by atoms with van der Waals surface area (Å²) in [7, 11) is 1.63. The highest BCUT2D eigenvalue weighted by atomic mass is 16.5. The molecule has 2 heterocycles. The summed E-state index contributed by atoms with van der Waals surface area (Å²) < 4.78 is 10.1. The zero-order chi connectivity index (χ0) is 19.9. The van der Waals surface area contributed by atoms with Gasteiger partial charge in [0, 0.05) is 38.7 Å². The molecule has 0 saturated carbocycles. The molecule has 0 atom stereocenters. The van der Waals surface area contributed by atoms with Gasteiger partial charge in [-0.25, -0.2) is 4.79 Å². The van der Waals surface area contributed by atoms with Crippen LogP contribution >= 0.6 is 0 Å². The van der Waals surface area contributed by atoms with E-state index >= 15 is 0 Å². The van der Waals surface area contributed by atoms with Crippen molar-refractivity contribution in [2.75, 3.05) is 33.3 Å². The minimum absolute atomic E-state index is 0.119. The number of amides is 3. The van der Waals surface area contributed by atoms with Gasteiger partial charge in [0.2, 0.25) is 5.91 Å². The van der Waals surface area contributed by atoms with E-state index in [1.807, 2.05) is 36.1 Å². The van der Waals surface area contributed by atoms with Crippen LogP contribution < -0.4 is 10.1 Å². The first-order chi connectivity index (χ1) is 13.5. The topological polar surface area (TPSA) is 87.9 Å². The van der Waals surface area contributed by atoms with E-state index in [-0.39, 0.29) is 11.9 Å². The molecule has 0 radical (unpaired) electrons. The number of aromatic nitrogens is 1. The number of carbonyl (C=O) groups is 2. The zero-order valence-corrected chi connectivity index (χ0v) is 16.3. The standard InChI is InChI=1S/C20H26N4O4/c1-15-13-17(22-28-15)14-21-20(26)24-11-9-23(10-12-24)19(25)8-5-16-3-6-18(27-2)7-4-16/h3-4,6-7,13H,5,8-12,14H2,1-2H3,(H,21,26). The van der Waals surface area contributed by atoms with Gasteiger partial charge in [-0.05, 0) is 31.0 Å². The van der Waals surface area contributed by atoms with Crippen LogP contribution in [0.5, 0.6) is 5.75 Å². The Labute approximate surface area is 164 Å². The molecule has 28 heavy (non-hydrogen) atoms. The number of hydrogen-bond donors (Lipinski definition) is 1. The molecule has 1 saturated heterocycles. The fourth-order valence-corrected chi connectivity index (χ4v) is 3.14. The number of methoxy groups -OCH3 is 1. The van der Waals surface area contributed by atoms with Gasteiger partial charge in [0.25, 0.3) is 0 Å². The lowest BCUT2D eigenvalue weighted by Gasteiger charge is -2.34. The van der Waals surface area contributed by atoms with Crippen molar-refractivity contribution in [3.05, 3.63) is 47.3 Å². The molecular formula is C20H26N4O4. The van der Waals surface area contributed by atoms with Crippen LogP contribution in [0.25, 0.3) is 0 Å². The maximum atomic E-state index is 12.4. The second-order valence-electron chi connectivity index (χ2n) is 6.80. The molecular weight excluding hydrogens is 360 g/mol. The highest BCUT2D eigenvalue weighted by molar-refractivity contribution is 5.78. The van der Waals surface area contributed by atoms with Crippen molar-refractivity contribution in [2.24, 2.45) is 0 Å². The van der Waals surface area contributed by atoms with Gasteiger partial charge in [-0.3, -0.25) is 4.79 Å². The molecule has 1 aromatic carbocycles. The Bertz CT molecular complexity index is 795. The Morgan fingerprint density at radius 2 is 1.82 bits per heavy atom. The third kappa shape index (κ3) is 5.25. The Morgan fingerprint density at radius 1 is 1.14 bits per heavy atom. The molecule has 8 nitrogen and oxygen atoms in total. The molecule has 1 aliphatic rings. The van der Waals surface area contributed by atoms with Crippen LogP contribution in [0.3, 0.4) is 0 Å². The van der Waals surface area contributed by atoms with Crippen molar-refractivity contribution < 1.29 is 18.8 Å². The average Bonchev–Trinajstić information content (AvgIpc) is 3.16. The summed E-state index contributed by atoms with van der Waals surface area (Å²) in [6, 6.07) is 9.40. The van der Waals surface area contributed by atoms with Crippen LogP contribution in [0.2, 0.25) is 0 Å². The van der Waals surface area contributed by atoms with Gasteiger partial charge in [-0.2, -0.15) is 0 Å². The lowest BCUT2D eigenvalue weighted by Crippen LogP contribution is -2.53. The summed E-state index contributed by atoms with van der Waals surface area (Å²) in [5.74, 6) is 1.64. The average molecular weight is 386 g/mol. The summed E-state index contributed by atoms with van der Waals surface area (Å²) >= 11 is 0. The lowest BCUT2D eigenvalue weighted by molar-refractivity contribution is -0.132. The van der Waals surface area contributed by atoms with Crippen LogP contribution in [-0.4, -0.2) is 60.2 Å². The number of carbonyl (C=O) groups excluding carboxylic acids is 2. The smallest absolute Gasteiger partial charge is 0.317 e. The maximum Gasteiger partial charge on any atom is 0.317 e. The fraction of sp³-hybridized carbons (Fsp3) is 0.450. The maximum absolute atomic E-state index is 12.4. The third-order valence-electron chi connectivity index (χ3n) is 4.80. The van der Waals surface area contributed by atoms with Crippen molar-refractivity contribution in [3.8, 4) is 5.75 Å². The molecule has 0 aliphatic carbocycles. The zero-order valence-electron chi connectivity index (χ0n) is 16.3. The molecule has 1 N–H and O–H groups in total. The summed E-state index contributed by atoms with van der Waals surface area (Å²) in [4.78, 5) is 28.3. The summed E-state index contributed by atoms with van der Waals surface area (Å²) in [6.07, 6.45) is 1.16. The predicted octanol–water partition coefficient (Wildman–Crippen LogP) is 1.98. The highest BCUT2D eigenvalue weighted by Crippen LogP contribution is 2.13. The first-order valence-corrected chi connectivity index (χ1v) is 9.41. The van der Waals surface area contributed by atoms with E-state index in [0.717, 1.165) is 11.3 Å². The molecule has 1 fully saturated rings. The van der Waals surface area contributed by atoms with Gasteiger partial charge in [-0.1, -0.05) is 17.3 Å². The second kappa shape index (κ2) is 9.25. The van der Waals surface area contributed by atoms with Gasteiger partial charge in [0.1, 0.15) is 17.2 Å².